The van der Waals surface area contributed by atoms with Crippen LogP contribution in [0.3, 0.4) is 0 Å². The van der Waals surface area contributed by atoms with Crippen LogP contribution in [-0.2, 0) is 4.74 Å². The molecule has 1 aromatic carbocycles. The third-order valence-electron chi connectivity index (χ3n) is 3.44. The summed E-state index contributed by atoms with van der Waals surface area (Å²) in [4.78, 5) is 0. The van der Waals surface area contributed by atoms with E-state index in [0.29, 0.717) is 18.1 Å². The maximum Gasteiger partial charge on any atom is 0.126 e. The Bertz CT molecular complexity index is 400. The van der Waals surface area contributed by atoms with E-state index < -0.39 is 11.6 Å². The highest BCUT2D eigenvalue weighted by Crippen LogP contribution is 2.40. The lowest BCUT2D eigenvalue weighted by atomic mass is 9.97. The molecular formula is C15H21F2NO. The molecule has 2 rings (SSSR count). The van der Waals surface area contributed by atoms with Crippen LogP contribution in [-0.4, -0.2) is 19.3 Å². The van der Waals surface area contributed by atoms with Crippen LogP contribution in [0.4, 0.5) is 8.78 Å². The van der Waals surface area contributed by atoms with E-state index in [2.05, 4.69) is 5.32 Å². The summed E-state index contributed by atoms with van der Waals surface area (Å²) < 4.78 is 32.6. The van der Waals surface area contributed by atoms with Gasteiger partial charge in [-0.05, 0) is 49.9 Å². The third kappa shape index (κ3) is 3.74. The summed E-state index contributed by atoms with van der Waals surface area (Å²) in [6.07, 6.45) is 2.25. The van der Waals surface area contributed by atoms with Gasteiger partial charge >= 0.3 is 0 Å². The van der Waals surface area contributed by atoms with Crippen molar-refractivity contribution in [3.05, 3.63) is 35.4 Å². The van der Waals surface area contributed by atoms with Crippen LogP contribution in [0.2, 0.25) is 0 Å². The number of likely N-dealkylation sites (N-methyl/N-ethyl adjacent to an activating group) is 1. The van der Waals surface area contributed by atoms with Gasteiger partial charge in [-0.15, -0.1) is 0 Å². The summed E-state index contributed by atoms with van der Waals surface area (Å²) in [7, 11) is 0. The second-order valence-electron chi connectivity index (χ2n) is 5.00. The largest absolute Gasteiger partial charge is 0.376 e. The maximum atomic E-state index is 13.4. The number of halogens is 2. The molecule has 2 atom stereocenters. The molecule has 1 N–H and O–H groups in total. The zero-order valence-corrected chi connectivity index (χ0v) is 11.5. The SMILES string of the molecule is CCNC(c1cc(F)cc(F)c1)C(OCC)C1CC1. The lowest BCUT2D eigenvalue weighted by Crippen LogP contribution is -2.35. The molecule has 0 spiro atoms. The fourth-order valence-electron chi connectivity index (χ4n) is 2.52. The van der Waals surface area contributed by atoms with E-state index in [4.69, 9.17) is 4.74 Å². The fraction of sp³-hybridized carbons (Fsp3) is 0.600. The lowest BCUT2D eigenvalue weighted by molar-refractivity contribution is 0.0188. The van der Waals surface area contributed by atoms with Gasteiger partial charge in [-0.2, -0.15) is 0 Å². The van der Waals surface area contributed by atoms with Gasteiger partial charge in [0.1, 0.15) is 11.6 Å². The highest BCUT2D eigenvalue weighted by atomic mass is 19.1. The first kappa shape index (κ1) is 14.4. The predicted octanol–water partition coefficient (Wildman–Crippen LogP) is 3.43. The summed E-state index contributed by atoms with van der Waals surface area (Å²) in [5.74, 6) is -0.580. The van der Waals surface area contributed by atoms with E-state index in [1.807, 2.05) is 13.8 Å². The highest BCUT2D eigenvalue weighted by Gasteiger charge is 2.37. The number of benzene rings is 1. The molecule has 1 saturated carbocycles. The standard InChI is InChI=1S/C15H21F2NO/c1-3-18-14(15(19-4-2)10-5-6-10)11-7-12(16)9-13(17)8-11/h7-10,14-15,18H,3-6H2,1-2H3. The summed E-state index contributed by atoms with van der Waals surface area (Å²) in [5.41, 5.74) is 0.629. The van der Waals surface area contributed by atoms with E-state index in [1.54, 1.807) is 0 Å². The van der Waals surface area contributed by atoms with Gasteiger partial charge in [0.25, 0.3) is 0 Å². The van der Waals surface area contributed by atoms with Gasteiger partial charge in [-0.3, -0.25) is 0 Å². The van der Waals surface area contributed by atoms with Crippen molar-refractivity contribution in [2.24, 2.45) is 5.92 Å². The van der Waals surface area contributed by atoms with Crippen molar-refractivity contribution in [1.29, 1.82) is 0 Å². The zero-order chi connectivity index (χ0) is 13.8. The van der Waals surface area contributed by atoms with Crippen LogP contribution in [0.25, 0.3) is 0 Å². The molecule has 1 aliphatic rings. The normalized spacial score (nSPS) is 18.3. The van der Waals surface area contributed by atoms with Crippen LogP contribution in [0.5, 0.6) is 0 Å². The minimum atomic E-state index is -0.538. The van der Waals surface area contributed by atoms with Gasteiger partial charge in [0, 0.05) is 12.7 Å². The first-order valence-corrected chi connectivity index (χ1v) is 6.96. The van der Waals surface area contributed by atoms with Gasteiger partial charge in [0.05, 0.1) is 12.1 Å². The van der Waals surface area contributed by atoms with Crippen LogP contribution >= 0.6 is 0 Å². The lowest BCUT2D eigenvalue weighted by Gasteiger charge is -2.28. The Balaban J connectivity index is 2.26. The first-order chi connectivity index (χ1) is 9.15. The predicted molar refractivity (Wildman–Crippen MR) is 70.9 cm³/mol. The molecule has 4 heteroatoms. The molecule has 2 nitrogen and oxygen atoms in total. The Hall–Kier alpha value is -1.00. The molecule has 106 valence electrons. The molecular weight excluding hydrogens is 248 g/mol. The molecule has 0 bridgehead atoms. The second-order valence-corrected chi connectivity index (χ2v) is 5.00. The average molecular weight is 269 g/mol. The van der Waals surface area contributed by atoms with Gasteiger partial charge in [0.15, 0.2) is 0 Å². The minimum absolute atomic E-state index is 0.00819. The highest BCUT2D eigenvalue weighted by molar-refractivity contribution is 5.23. The average Bonchev–Trinajstić information content (AvgIpc) is 3.16. The Morgan fingerprint density at radius 2 is 1.84 bits per heavy atom. The van der Waals surface area contributed by atoms with E-state index >= 15 is 0 Å². The number of nitrogens with one attached hydrogen (secondary N) is 1. The van der Waals surface area contributed by atoms with Crippen molar-refractivity contribution in [1.82, 2.24) is 5.32 Å². The number of hydrogen-bond acceptors (Lipinski definition) is 2. The summed E-state index contributed by atoms with van der Waals surface area (Å²) in [6.45, 7) is 5.28. The van der Waals surface area contributed by atoms with Crippen molar-refractivity contribution in [2.75, 3.05) is 13.2 Å². The summed E-state index contributed by atoms with van der Waals surface area (Å²) >= 11 is 0. The number of hydrogen-bond donors (Lipinski definition) is 1. The Morgan fingerprint density at radius 3 is 2.32 bits per heavy atom. The quantitative estimate of drug-likeness (QED) is 0.819. The van der Waals surface area contributed by atoms with Gasteiger partial charge in [-0.25, -0.2) is 8.78 Å². The van der Waals surface area contributed by atoms with E-state index in [0.717, 1.165) is 25.5 Å². The van der Waals surface area contributed by atoms with E-state index in [1.165, 1.54) is 12.1 Å². The van der Waals surface area contributed by atoms with Crippen molar-refractivity contribution < 1.29 is 13.5 Å². The zero-order valence-electron chi connectivity index (χ0n) is 11.5. The van der Waals surface area contributed by atoms with Crippen molar-refractivity contribution in [3.8, 4) is 0 Å². The molecule has 0 saturated heterocycles. The Labute approximate surface area is 113 Å². The number of ether oxygens (including phenoxy) is 1. The Kier molecular flexibility index (Phi) is 4.88. The molecule has 0 amide bonds. The van der Waals surface area contributed by atoms with Crippen molar-refractivity contribution in [3.63, 3.8) is 0 Å². The monoisotopic (exact) mass is 269 g/mol. The van der Waals surface area contributed by atoms with Gasteiger partial charge < -0.3 is 10.1 Å². The van der Waals surface area contributed by atoms with Gasteiger partial charge in [-0.1, -0.05) is 6.92 Å². The maximum absolute atomic E-state index is 13.4. The molecule has 2 unspecified atom stereocenters. The molecule has 1 fully saturated rings. The van der Waals surface area contributed by atoms with Crippen LogP contribution < -0.4 is 5.32 Å². The fourth-order valence-corrected chi connectivity index (χ4v) is 2.52. The van der Waals surface area contributed by atoms with Crippen molar-refractivity contribution in [2.45, 2.75) is 38.8 Å². The van der Waals surface area contributed by atoms with E-state index in [9.17, 15) is 8.78 Å². The molecule has 19 heavy (non-hydrogen) atoms. The second kappa shape index (κ2) is 6.44. The van der Waals surface area contributed by atoms with Crippen LogP contribution in [0.15, 0.2) is 18.2 Å². The molecule has 0 aliphatic heterocycles. The first-order valence-electron chi connectivity index (χ1n) is 6.96. The number of rotatable bonds is 7. The van der Waals surface area contributed by atoms with Gasteiger partial charge in [0.2, 0.25) is 0 Å². The molecule has 1 aromatic rings. The third-order valence-corrected chi connectivity index (χ3v) is 3.44. The summed E-state index contributed by atoms with van der Waals surface area (Å²) in [5, 5.41) is 3.30. The molecule has 0 heterocycles. The summed E-state index contributed by atoms with van der Waals surface area (Å²) in [6, 6.07) is 3.54. The topological polar surface area (TPSA) is 21.3 Å². The van der Waals surface area contributed by atoms with Crippen LogP contribution in [0.1, 0.15) is 38.3 Å². The van der Waals surface area contributed by atoms with Crippen LogP contribution in [0, 0.1) is 17.6 Å². The Morgan fingerprint density at radius 1 is 1.21 bits per heavy atom. The van der Waals surface area contributed by atoms with E-state index in [-0.39, 0.29) is 12.1 Å². The van der Waals surface area contributed by atoms with Crippen molar-refractivity contribution >= 4 is 0 Å². The smallest absolute Gasteiger partial charge is 0.126 e. The molecule has 0 aromatic heterocycles. The minimum Gasteiger partial charge on any atom is -0.376 e. The molecule has 1 aliphatic carbocycles. The molecule has 0 radical (unpaired) electrons.